The molecule has 2 aromatic rings. The van der Waals surface area contributed by atoms with Crippen LogP contribution in [0.4, 0.5) is 11.4 Å². The zero-order chi connectivity index (χ0) is 18.1. The highest BCUT2D eigenvalue weighted by atomic mass is 35.5. The summed E-state index contributed by atoms with van der Waals surface area (Å²) in [6.07, 6.45) is -0.886. The number of rotatable bonds is 3. The van der Waals surface area contributed by atoms with E-state index in [2.05, 4.69) is 5.32 Å². The standard InChI is InChI=1S/C16H10Cl2N2O5/c17-9-1-3-11-8(5-9)6-14(25-16(11)22)15(21)19-13-4-2-10(20(23)24)7-12(13)18/h1-5,7,14H,6H2,(H,19,21). The number of carbonyl (C=O) groups is 2. The number of hydrogen-bond donors (Lipinski definition) is 1. The third-order valence-electron chi connectivity index (χ3n) is 3.66. The highest BCUT2D eigenvalue weighted by molar-refractivity contribution is 6.34. The minimum atomic E-state index is -1.05. The van der Waals surface area contributed by atoms with E-state index < -0.39 is 22.9 Å². The van der Waals surface area contributed by atoms with Crippen LogP contribution in [0.1, 0.15) is 15.9 Å². The number of non-ortho nitro benzene ring substituents is 1. The van der Waals surface area contributed by atoms with Gasteiger partial charge >= 0.3 is 5.97 Å². The molecule has 1 atom stereocenters. The maximum atomic E-state index is 12.4. The maximum absolute atomic E-state index is 12.4. The van der Waals surface area contributed by atoms with Gasteiger partial charge in [-0.2, -0.15) is 0 Å². The van der Waals surface area contributed by atoms with Crippen molar-refractivity contribution in [3.63, 3.8) is 0 Å². The lowest BCUT2D eigenvalue weighted by molar-refractivity contribution is -0.384. The molecule has 0 saturated carbocycles. The highest BCUT2D eigenvalue weighted by Gasteiger charge is 2.31. The third kappa shape index (κ3) is 3.57. The Balaban J connectivity index is 1.78. The lowest BCUT2D eigenvalue weighted by atomic mass is 9.98. The van der Waals surface area contributed by atoms with Gasteiger partial charge in [-0.05, 0) is 29.8 Å². The second-order valence-corrected chi connectivity index (χ2v) is 6.15. The largest absolute Gasteiger partial charge is 0.448 e. The minimum absolute atomic E-state index is 0.00753. The number of ether oxygens (including phenoxy) is 1. The number of cyclic esters (lactones) is 1. The molecule has 1 N–H and O–H groups in total. The second-order valence-electron chi connectivity index (χ2n) is 5.31. The molecule has 2 aromatic carbocycles. The van der Waals surface area contributed by atoms with E-state index in [1.807, 2.05) is 0 Å². The molecule has 0 fully saturated rings. The summed E-state index contributed by atoms with van der Waals surface area (Å²) in [4.78, 5) is 34.5. The Hall–Kier alpha value is -2.64. The van der Waals surface area contributed by atoms with Gasteiger partial charge in [0.05, 0.1) is 21.2 Å². The minimum Gasteiger partial charge on any atom is -0.448 e. The summed E-state index contributed by atoms with van der Waals surface area (Å²) in [6, 6.07) is 8.37. The fourth-order valence-corrected chi connectivity index (χ4v) is 2.86. The van der Waals surface area contributed by atoms with Gasteiger partial charge in [0.25, 0.3) is 11.6 Å². The van der Waals surface area contributed by atoms with Crippen LogP contribution in [0.15, 0.2) is 36.4 Å². The van der Waals surface area contributed by atoms with E-state index in [0.29, 0.717) is 16.1 Å². The number of benzene rings is 2. The summed E-state index contributed by atoms with van der Waals surface area (Å²) >= 11 is 11.9. The van der Waals surface area contributed by atoms with Crippen LogP contribution < -0.4 is 5.32 Å². The molecule has 3 rings (SSSR count). The van der Waals surface area contributed by atoms with Gasteiger partial charge in [0.2, 0.25) is 0 Å². The lowest BCUT2D eigenvalue weighted by Crippen LogP contribution is -2.38. The molecule has 0 aliphatic carbocycles. The van der Waals surface area contributed by atoms with Crippen molar-refractivity contribution in [1.29, 1.82) is 0 Å². The smallest absolute Gasteiger partial charge is 0.339 e. The zero-order valence-corrected chi connectivity index (χ0v) is 14.0. The van der Waals surface area contributed by atoms with Gasteiger partial charge in [-0.15, -0.1) is 0 Å². The molecule has 1 unspecified atom stereocenters. The monoisotopic (exact) mass is 380 g/mol. The molecule has 1 aliphatic heterocycles. The first-order valence-corrected chi connectivity index (χ1v) is 7.85. The Kier molecular flexibility index (Phi) is 4.61. The SMILES string of the molecule is O=C1OC(C(=O)Nc2ccc([N+](=O)[O-])cc2Cl)Cc2cc(Cl)ccc21. The van der Waals surface area contributed by atoms with Crippen LogP contribution in [0.3, 0.4) is 0 Å². The number of anilines is 1. The lowest BCUT2D eigenvalue weighted by Gasteiger charge is -2.24. The fourth-order valence-electron chi connectivity index (χ4n) is 2.44. The van der Waals surface area contributed by atoms with Crippen molar-refractivity contribution in [3.8, 4) is 0 Å². The fraction of sp³-hybridized carbons (Fsp3) is 0.125. The molecular formula is C16H10Cl2N2O5. The molecule has 0 bridgehead atoms. The molecule has 0 aromatic heterocycles. The number of fused-ring (bicyclic) bond motifs is 1. The summed E-state index contributed by atoms with van der Waals surface area (Å²) in [5.74, 6) is -1.21. The Morgan fingerprint density at radius 1 is 1.24 bits per heavy atom. The zero-order valence-electron chi connectivity index (χ0n) is 12.5. The summed E-state index contributed by atoms with van der Waals surface area (Å²) in [7, 11) is 0. The number of nitro benzene ring substituents is 1. The number of hydrogen-bond acceptors (Lipinski definition) is 5. The van der Waals surface area contributed by atoms with E-state index in [9.17, 15) is 19.7 Å². The van der Waals surface area contributed by atoms with Crippen LogP contribution >= 0.6 is 23.2 Å². The van der Waals surface area contributed by atoms with Crippen LogP contribution in [0.2, 0.25) is 10.0 Å². The summed E-state index contributed by atoms with van der Waals surface area (Å²) in [6.45, 7) is 0. The van der Waals surface area contributed by atoms with Gasteiger partial charge in [0, 0.05) is 23.6 Å². The van der Waals surface area contributed by atoms with E-state index in [4.69, 9.17) is 27.9 Å². The van der Waals surface area contributed by atoms with Gasteiger partial charge < -0.3 is 10.1 Å². The van der Waals surface area contributed by atoms with E-state index in [1.165, 1.54) is 12.1 Å². The number of esters is 1. The number of nitro groups is 1. The Morgan fingerprint density at radius 2 is 2.00 bits per heavy atom. The summed E-state index contributed by atoms with van der Waals surface area (Å²) < 4.78 is 5.14. The molecule has 1 heterocycles. The summed E-state index contributed by atoms with van der Waals surface area (Å²) in [5, 5.41) is 13.7. The molecule has 7 nitrogen and oxygen atoms in total. The van der Waals surface area contributed by atoms with Crippen LogP contribution in [-0.2, 0) is 16.0 Å². The van der Waals surface area contributed by atoms with Crippen molar-refractivity contribution in [2.24, 2.45) is 0 Å². The van der Waals surface area contributed by atoms with E-state index in [1.54, 1.807) is 18.2 Å². The summed E-state index contributed by atoms with van der Waals surface area (Å²) in [5.41, 5.74) is 0.960. The van der Waals surface area contributed by atoms with Crippen LogP contribution in [0.5, 0.6) is 0 Å². The molecule has 128 valence electrons. The molecule has 9 heteroatoms. The first-order valence-electron chi connectivity index (χ1n) is 7.09. The number of carbonyl (C=O) groups excluding carboxylic acids is 2. The van der Waals surface area contributed by atoms with Gasteiger partial charge in [-0.1, -0.05) is 23.2 Å². The molecule has 0 spiro atoms. The Bertz CT molecular complexity index is 900. The van der Waals surface area contributed by atoms with Gasteiger partial charge in [-0.25, -0.2) is 4.79 Å². The quantitative estimate of drug-likeness (QED) is 0.497. The molecule has 0 saturated heterocycles. The topological polar surface area (TPSA) is 98.5 Å². The van der Waals surface area contributed by atoms with Crippen molar-refractivity contribution in [2.45, 2.75) is 12.5 Å². The van der Waals surface area contributed by atoms with E-state index >= 15 is 0 Å². The average molecular weight is 381 g/mol. The van der Waals surface area contributed by atoms with E-state index in [0.717, 1.165) is 6.07 Å². The second kappa shape index (κ2) is 6.70. The van der Waals surface area contributed by atoms with Crippen molar-refractivity contribution in [1.82, 2.24) is 0 Å². The average Bonchev–Trinajstić information content (AvgIpc) is 2.55. The first-order chi connectivity index (χ1) is 11.8. The molecule has 1 aliphatic rings. The number of amides is 1. The Morgan fingerprint density at radius 3 is 2.68 bits per heavy atom. The molecule has 25 heavy (non-hydrogen) atoms. The van der Waals surface area contributed by atoms with Crippen LogP contribution in [-0.4, -0.2) is 22.9 Å². The third-order valence-corrected chi connectivity index (χ3v) is 4.20. The number of nitrogens with zero attached hydrogens (tertiary/aromatic N) is 1. The predicted molar refractivity (Wildman–Crippen MR) is 91.1 cm³/mol. The van der Waals surface area contributed by atoms with Crippen molar-refractivity contribution in [3.05, 3.63) is 67.7 Å². The highest BCUT2D eigenvalue weighted by Crippen LogP contribution is 2.28. The van der Waals surface area contributed by atoms with Crippen molar-refractivity contribution >= 4 is 46.5 Å². The number of halogens is 2. The van der Waals surface area contributed by atoms with Gasteiger partial charge in [0.1, 0.15) is 0 Å². The molecule has 1 amide bonds. The number of nitrogens with one attached hydrogen (secondary N) is 1. The molecular weight excluding hydrogens is 371 g/mol. The van der Waals surface area contributed by atoms with Crippen molar-refractivity contribution < 1.29 is 19.2 Å². The maximum Gasteiger partial charge on any atom is 0.339 e. The van der Waals surface area contributed by atoms with Crippen LogP contribution in [0, 0.1) is 10.1 Å². The normalized spacial score (nSPS) is 15.9. The first kappa shape index (κ1) is 17.2. The molecule has 0 radical (unpaired) electrons. The van der Waals surface area contributed by atoms with E-state index in [-0.39, 0.29) is 22.8 Å². The van der Waals surface area contributed by atoms with Crippen molar-refractivity contribution in [2.75, 3.05) is 5.32 Å². The van der Waals surface area contributed by atoms with Gasteiger partial charge in [0.15, 0.2) is 6.10 Å². The predicted octanol–water partition coefficient (Wildman–Crippen LogP) is 3.62. The van der Waals surface area contributed by atoms with Crippen LogP contribution in [0.25, 0.3) is 0 Å². The van der Waals surface area contributed by atoms with Gasteiger partial charge in [-0.3, -0.25) is 14.9 Å². The Labute approximate surface area is 151 Å².